The van der Waals surface area contributed by atoms with Gasteiger partial charge in [-0.25, -0.2) is 9.59 Å². The van der Waals surface area contributed by atoms with Crippen molar-refractivity contribution in [2.75, 3.05) is 0 Å². The first-order valence-corrected chi connectivity index (χ1v) is 6.64. The zero-order valence-electron chi connectivity index (χ0n) is 11.6. The lowest BCUT2D eigenvalue weighted by Crippen LogP contribution is -2.04. The number of hydrogen-bond acceptors (Lipinski definition) is 3. The molecule has 114 valence electrons. The van der Waals surface area contributed by atoms with Gasteiger partial charge in [0.2, 0.25) is 0 Å². The molecule has 0 atom stereocenters. The van der Waals surface area contributed by atoms with Crippen molar-refractivity contribution in [2.45, 2.75) is 19.3 Å². The normalized spacial score (nSPS) is 10.5. The fourth-order valence-corrected chi connectivity index (χ4v) is 2.40. The number of fused-ring (bicyclic) bond motifs is 1. The molecule has 0 aliphatic rings. The Morgan fingerprint density at radius 1 is 0.864 bits per heavy atom. The van der Waals surface area contributed by atoms with Crippen LogP contribution in [0.2, 0.25) is 0 Å². The zero-order chi connectivity index (χ0) is 16.3. The third kappa shape index (κ3) is 3.22. The lowest BCUT2D eigenvalue weighted by molar-refractivity contribution is -0.137. The maximum Gasteiger partial charge on any atom is 0.336 e. The third-order valence-corrected chi connectivity index (χ3v) is 3.37. The average Bonchev–Trinajstić information content (AvgIpc) is 2.45. The zero-order valence-corrected chi connectivity index (χ0v) is 11.6. The minimum Gasteiger partial charge on any atom is -0.481 e. The molecule has 0 bridgehead atoms. The molecule has 0 aliphatic heterocycles. The highest BCUT2D eigenvalue weighted by atomic mass is 16.4. The number of aromatic carboxylic acids is 2. The minimum absolute atomic E-state index is 0.0194. The molecule has 3 N–H and O–H groups in total. The first-order valence-electron chi connectivity index (χ1n) is 6.64. The largest absolute Gasteiger partial charge is 0.481 e. The van der Waals surface area contributed by atoms with Gasteiger partial charge in [0.15, 0.2) is 0 Å². The fourth-order valence-electron chi connectivity index (χ4n) is 2.40. The third-order valence-electron chi connectivity index (χ3n) is 3.37. The molecule has 0 saturated heterocycles. The van der Waals surface area contributed by atoms with Gasteiger partial charge >= 0.3 is 17.9 Å². The van der Waals surface area contributed by atoms with E-state index in [-0.39, 0.29) is 17.5 Å². The Labute approximate surface area is 125 Å². The van der Waals surface area contributed by atoms with E-state index in [0.29, 0.717) is 29.2 Å². The predicted molar refractivity (Wildman–Crippen MR) is 78.4 cm³/mol. The molecule has 0 unspecified atom stereocenters. The molecular weight excluding hydrogens is 288 g/mol. The highest BCUT2D eigenvalue weighted by Gasteiger charge is 2.15. The van der Waals surface area contributed by atoms with Gasteiger partial charge in [-0.05, 0) is 41.3 Å². The van der Waals surface area contributed by atoms with Crippen LogP contribution in [0.4, 0.5) is 0 Å². The molecule has 6 heteroatoms. The second kappa shape index (κ2) is 6.26. The highest BCUT2D eigenvalue weighted by Crippen LogP contribution is 2.26. The van der Waals surface area contributed by atoms with E-state index in [1.54, 1.807) is 12.1 Å². The van der Waals surface area contributed by atoms with Gasteiger partial charge in [-0.15, -0.1) is 0 Å². The van der Waals surface area contributed by atoms with E-state index in [4.69, 9.17) is 5.11 Å². The molecule has 0 fully saturated rings. The van der Waals surface area contributed by atoms with Crippen LogP contribution in [0.1, 0.15) is 39.1 Å². The summed E-state index contributed by atoms with van der Waals surface area (Å²) >= 11 is 0. The van der Waals surface area contributed by atoms with E-state index in [2.05, 4.69) is 0 Å². The molecule has 0 spiro atoms. The number of hydrogen-bond donors (Lipinski definition) is 3. The topological polar surface area (TPSA) is 112 Å². The van der Waals surface area contributed by atoms with Crippen molar-refractivity contribution in [2.24, 2.45) is 0 Å². The van der Waals surface area contributed by atoms with E-state index in [1.807, 2.05) is 0 Å². The van der Waals surface area contributed by atoms with Gasteiger partial charge in [-0.1, -0.05) is 18.2 Å². The summed E-state index contributed by atoms with van der Waals surface area (Å²) < 4.78 is 0. The van der Waals surface area contributed by atoms with Gasteiger partial charge in [0.05, 0.1) is 11.1 Å². The Bertz CT molecular complexity index is 763. The van der Waals surface area contributed by atoms with Gasteiger partial charge in [0.1, 0.15) is 0 Å². The smallest absolute Gasteiger partial charge is 0.336 e. The molecule has 2 aromatic carbocycles. The lowest BCUT2D eigenvalue weighted by atomic mass is 9.95. The molecule has 0 radical (unpaired) electrons. The van der Waals surface area contributed by atoms with Crippen molar-refractivity contribution in [1.82, 2.24) is 0 Å². The van der Waals surface area contributed by atoms with Crippen LogP contribution in [0.25, 0.3) is 10.8 Å². The Morgan fingerprint density at radius 3 is 2.14 bits per heavy atom. The van der Waals surface area contributed by atoms with Gasteiger partial charge < -0.3 is 15.3 Å². The summed E-state index contributed by atoms with van der Waals surface area (Å²) in [4.78, 5) is 33.2. The lowest BCUT2D eigenvalue weighted by Gasteiger charge is -2.09. The first-order chi connectivity index (χ1) is 10.4. The Hall–Kier alpha value is -2.89. The maximum atomic E-state index is 11.4. The molecule has 0 aromatic heterocycles. The summed E-state index contributed by atoms with van der Waals surface area (Å²) in [5.41, 5.74) is 0.658. The quantitative estimate of drug-likeness (QED) is 0.756. The summed E-state index contributed by atoms with van der Waals surface area (Å²) in [6.07, 6.45) is 0.701. The van der Waals surface area contributed by atoms with Crippen molar-refractivity contribution in [3.63, 3.8) is 0 Å². The summed E-state index contributed by atoms with van der Waals surface area (Å²) in [5, 5.41) is 27.9. The number of carboxylic acid groups (broad SMARTS) is 3. The van der Waals surface area contributed by atoms with Gasteiger partial charge in [0, 0.05) is 6.42 Å². The van der Waals surface area contributed by atoms with Gasteiger partial charge in [-0.2, -0.15) is 0 Å². The minimum atomic E-state index is -1.15. The van der Waals surface area contributed by atoms with Crippen molar-refractivity contribution in [3.8, 4) is 0 Å². The summed E-state index contributed by atoms with van der Waals surface area (Å²) in [7, 11) is 0. The van der Waals surface area contributed by atoms with E-state index in [1.165, 1.54) is 18.2 Å². The summed E-state index contributed by atoms with van der Waals surface area (Å²) in [6, 6.07) is 7.57. The average molecular weight is 302 g/mol. The number of benzene rings is 2. The molecule has 0 amide bonds. The van der Waals surface area contributed by atoms with E-state index in [0.717, 1.165) is 0 Å². The second-order valence-corrected chi connectivity index (χ2v) is 4.90. The number of aryl methyl sites for hydroxylation is 1. The van der Waals surface area contributed by atoms with Crippen LogP contribution in [0.15, 0.2) is 30.3 Å². The van der Waals surface area contributed by atoms with Crippen molar-refractivity contribution in [3.05, 3.63) is 47.0 Å². The van der Waals surface area contributed by atoms with Crippen LogP contribution in [0.3, 0.4) is 0 Å². The summed E-state index contributed by atoms with van der Waals surface area (Å²) in [5.74, 6) is -3.21. The Balaban J connectivity index is 2.55. The van der Waals surface area contributed by atoms with Crippen molar-refractivity contribution >= 4 is 28.7 Å². The number of aliphatic carboxylic acids is 1. The molecule has 6 nitrogen and oxygen atoms in total. The van der Waals surface area contributed by atoms with Crippen molar-refractivity contribution < 1.29 is 29.7 Å². The van der Waals surface area contributed by atoms with Crippen LogP contribution in [-0.4, -0.2) is 33.2 Å². The number of rotatable bonds is 6. The Kier molecular flexibility index (Phi) is 4.41. The standard InChI is InChI=1S/C16H14O6/c17-14(18)6-1-3-9-7-12-10(13(8-9)16(21)22)4-2-5-11(12)15(19)20/h2,4-5,7-8H,1,3,6H2,(H,17,18)(H,19,20)(H,21,22). The summed E-state index contributed by atoms with van der Waals surface area (Å²) in [6.45, 7) is 0. The first kappa shape index (κ1) is 15.5. The molecule has 0 saturated carbocycles. The predicted octanol–water partition coefficient (Wildman–Crippen LogP) is 2.64. The molecule has 2 rings (SSSR count). The Morgan fingerprint density at radius 2 is 1.55 bits per heavy atom. The van der Waals surface area contributed by atoms with E-state index in [9.17, 15) is 24.6 Å². The van der Waals surface area contributed by atoms with Crippen LogP contribution >= 0.6 is 0 Å². The monoisotopic (exact) mass is 302 g/mol. The fraction of sp³-hybridized carbons (Fsp3) is 0.188. The SMILES string of the molecule is O=C(O)CCCc1cc(C(=O)O)c2cccc(C(=O)O)c2c1. The molecular formula is C16H14O6. The molecule has 0 heterocycles. The van der Waals surface area contributed by atoms with E-state index >= 15 is 0 Å². The molecule has 22 heavy (non-hydrogen) atoms. The number of carbonyl (C=O) groups is 3. The van der Waals surface area contributed by atoms with Crippen LogP contribution in [-0.2, 0) is 11.2 Å². The van der Waals surface area contributed by atoms with Gasteiger partial charge in [-0.3, -0.25) is 4.79 Å². The van der Waals surface area contributed by atoms with Crippen LogP contribution < -0.4 is 0 Å². The second-order valence-electron chi connectivity index (χ2n) is 4.90. The maximum absolute atomic E-state index is 11.4. The molecule has 2 aromatic rings. The highest BCUT2D eigenvalue weighted by molar-refractivity contribution is 6.10. The number of carboxylic acids is 3. The van der Waals surface area contributed by atoms with Crippen LogP contribution in [0, 0.1) is 0 Å². The van der Waals surface area contributed by atoms with Gasteiger partial charge in [0.25, 0.3) is 0 Å². The molecule has 0 aliphatic carbocycles. The van der Waals surface area contributed by atoms with E-state index < -0.39 is 17.9 Å². The van der Waals surface area contributed by atoms with Crippen LogP contribution in [0.5, 0.6) is 0 Å². The van der Waals surface area contributed by atoms with Crippen molar-refractivity contribution in [1.29, 1.82) is 0 Å².